The van der Waals surface area contributed by atoms with Crippen molar-refractivity contribution in [3.63, 3.8) is 0 Å². The highest BCUT2D eigenvalue weighted by atomic mass is 127. The Hall–Kier alpha value is -1.76. The lowest BCUT2D eigenvalue weighted by molar-refractivity contribution is -0.165. The molecule has 0 spiro atoms. The lowest BCUT2D eigenvalue weighted by Crippen LogP contribution is -3.00. The Kier molecular flexibility index (Phi) is 6.66. The second-order valence-electron chi connectivity index (χ2n) is 5.04. The van der Waals surface area contributed by atoms with Crippen LogP contribution in [0.25, 0.3) is 0 Å². The van der Waals surface area contributed by atoms with Gasteiger partial charge >= 0.3 is 17.6 Å². The number of ether oxygens (including phenoxy) is 3. The number of esters is 2. The number of halogens is 2. The standard InChI is InChI=1S/C13H16FN3O6.HI/c1-5-9(22-6(2)18)10(23-7(3)19)12(21-5)17-4-8(14)11(15)16-13(17)20;/h4-5,9-10,12H,1-3H3,(H2,15,16,20);1H/p-1/t5-,9-,10-,12-;/m1./s1. The van der Waals surface area contributed by atoms with E-state index in [0.29, 0.717) is 0 Å². The predicted molar refractivity (Wildman–Crippen MR) is 73.6 cm³/mol. The van der Waals surface area contributed by atoms with Gasteiger partial charge in [-0.25, -0.2) is 9.18 Å². The molecule has 1 aromatic heterocycles. The summed E-state index contributed by atoms with van der Waals surface area (Å²) < 4.78 is 30.1. The SMILES string of the molecule is CC(=O)O[C@@H]1[C@H](OC(C)=O)[C@@H](C)O[C@H]1n1cc(F)c(N)nc1=O.[I-]. The van der Waals surface area contributed by atoms with Crippen molar-refractivity contribution in [3.8, 4) is 0 Å². The molecule has 0 radical (unpaired) electrons. The van der Waals surface area contributed by atoms with E-state index in [0.717, 1.165) is 17.7 Å². The maximum absolute atomic E-state index is 13.6. The monoisotopic (exact) mass is 456 g/mol. The summed E-state index contributed by atoms with van der Waals surface area (Å²) in [5.74, 6) is -2.78. The zero-order valence-corrected chi connectivity index (χ0v) is 15.2. The van der Waals surface area contributed by atoms with Crippen molar-refractivity contribution in [1.82, 2.24) is 9.55 Å². The Bertz CT molecular complexity index is 697. The van der Waals surface area contributed by atoms with Crippen molar-refractivity contribution in [3.05, 3.63) is 22.5 Å². The molecule has 0 unspecified atom stereocenters. The minimum absolute atomic E-state index is 0. The maximum atomic E-state index is 13.6. The fourth-order valence-corrected chi connectivity index (χ4v) is 2.34. The molecule has 1 aromatic rings. The maximum Gasteiger partial charge on any atom is 0.351 e. The highest BCUT2D eigenvalue weighted by molar-refractivity contribution is 5.67. The molecule has 0 bridgehead atoms. The van der Waals surface area contributed by atoms with E-state index in [1.807, 2.05) is 0 Å². The summed E-state index contributed by atoms with van der Waals surface area (Å²) in [4.78, 5) is 37.8. The number of hydrogen-bond donors (Lipinski definition) is 1. The van der Waals surface area contributed by atoms with E-state index in [-0.39, 0.29) is 24.0 Å². The van der Waals surface area contributed by atoms with Crippen LogP contribution in [-0.4, -0.2) is 39.8 Å². The average Bonchev–Trinajstić information content (AvgIpc) is 2.70. The van der Waals surface area contributed by atoms with Crippen LogP contribution in [0.5, 0.6) is 0 Å². The van der Waals surface area contributed by atoms with Gasteiger partial charge in [-0.3, -0.25) is 14.2 Å². The molecule has 0 aromatic carbocycles. The number of nitrogens with two attached hydrogens (primary N) is 1. The van der Waals surface area contributed by atoms with Crippen molar-refractivity contribution in [1.29, 1.82) is 0 Å². The summed E-state index contributed by atoms with van der Waals surface area (Å²) in [5, 5.41) is 0. The number of rotatable bonds is 3. The number of hydrogen-bond acceptors (Lipinski definition) is 8. The molecule has 1 saturated heterocycles. The van der Waals surface area contributed by atoms with E-state index in [1.54, 1.807) is 6.92 Å². The topological polar surface area (TPSA) is 123 Å². The first-order valence-corrected chi connectivity index (χ1v) is 6.74. The smallest absolute Gasteiger partial charge is 0.351 e. The number of aromatic nitrogens is 2. The first-order chi connectivity index (χ1) is 10.7. The van der Waals surface area contributed by atoms with Crippen molar-refractivity contribution < 1.29 is 52.2 Å². The van der Waals surface area contributed by atoms with Crippen LogP contribution in [0.2, 0.25) is 0 Å². The van der Waals surface area contributed by atoms with Crippen molar-refractivity contribution in [2.45, 2.75) is 45.3 Å². The first-order valence-electron chi connectivity index (χ1n) is 6.74. The molecular formula is C13H16FIN3O6-. The van der Waals surface area contributed by atoms with Crippen LogP contribution in [0.3, 0.4) is 0 Å². The number of carbonyl (C=O) groups is 2. The first kappa shape index (κ1) is 20.3. The highest BCUT2D eigenvalue weighted by Crippen LogP contribution is 2.33. The van der Waals surface area contributed by atoms with E-state index in [2.05, 4.69) is 4.98 Å². The minimum Gasteiger partial charge on any atom is -1.00 e. The fraction of sp³-hybridized carbons (Fsp3) is 0.538. The fourth-order valence-electron chi connectivity index (χ4n) is 2.34. The van der Waals surface area contributed by atoms with E-state index >= 15 is 0 Å². The van der Waals surface area contributed by atoms with Crippen molar-refractivity contribution in [2.75, 3.05) is 5.73 Å². The molecule has 1 aliphatic heterocycles. The second kappa shape index (κ2) is 7.88. The van der Waals surface area contributed by atoms with Gasteiger partial charge in [-0.15, -0.1) is 0 Å². The Morgan fingerprint density at radius 3 is 2.38 bits per heavy atom. The normalized spacial score (nSPS) is 25.7. The molecule has 134 valence electrons. The molecule has 11 heteroatoms. The summed E-state index contributed by atoms with van der Waals surface area (Å²) in [5.41, 5.74) is 4.34. The molecule has 4 atom stereocenters. The summed E-state index contributed by atoms with van der Waals surface area (Å²) >= 11 is 0. The Labute approximate surface area is 153 Å². The third-order valence-electron chi connectivity index (χ3n) is 3.23. The molecule has 2 heterocycles. The molecular weight excluding hydrogens is 440 g/mol. The summed E-state index contributed by atoms with van der Waals surface area (Å²) in [7, 11) is 0. The van der Waals surface area contributed by atoms with E-state index in [4.69, 9.17) is 19.9 Å². The highest BCUT2D eigenvalue weighted by Gasteiger charge is 2.48. The molecule has 24 heavy (non-hydrogen) atoms. The Morgan fingerprint density at radius 2 is 1.83 bits per heavy atom. The van der Waals surface area contributed by atoms with Crippen LogP contribution in [0, 0.1) is 5.82 Å². The van der Waals surface area contributed by atoms with Gasteiger partial charge in [0.25, 0.3) is 0 Å². The zero-order chi connectivity index (χ0) is 17.3. The largest absolute Gasteiger partial charge is 1.00 e. The van der Waals surface area contributed by atoms with Gasteiger partial charge in [0.1, 0.15) is 0 Å². The van der Waals surface area contributed by atoms with Gasteiger partial charge in [0.2, 0.25) is 0 Å². The van der Waals surface area contributed by atoms with E-state index in [1.165, 1.54) is 6.92 Å². The number of nitrogens with zero attached hydrogens (tertiary/aromatic N) is 2. The van der Waals surface area contributed by atoms with Crippen LogP contribution in [0.1, 0.15) is 27.0 Å². The zero-order valence-electron chi connectivity index (χ0n) is 13.1. The molecule has 1 aliphatic rings. The third-order valence-corrected chi connectivity index (χ3v) is 3.23. The molecule has 2 rings (SSSR count). The summed E-state index contributed by atoms with van der Waals surface area (Å²) in [6, 6.07) is 0. The van der Waals surface area contributed by atoms with Gasteiger partial charge in [-0.1, -0.05) is 0 Å². The lowest BCUT2D eigenvalue weighted by Gasteiger charge is -2.23. The van der Waals surface area contributed by atoms with Crippen LogP contribution in [0.15, 0.2) is 11.0 Å². The quantitative estimate of drug-likeness (QED) is 0.372. The molecule has 9 nitrogen and oxygen atoms in total. The molecule has 2 N–H and O–H groups in total. The molecule has 0 aliphatic carbocycles. The molecule has 0 amide bonds. The van der Waals surface area contributed by atoms with Gasteiger partial charge in [0, 0.05) is 13.8 Å². The number of anilines is 1. The molecule has 0 saturated carbocycles. The Balaban J connectivity index is 0.00000288. The summed E-state index contributed by atoms with van der Waals surface area (Å²) in [6.45, 7) is 3.90. The predicted octanol–water partition coefficient (Wildman–Crippen LogP) is -3.25. The van der Waals surface area contributed by atoms with Gasteiger partial charge in [0.15, 0.2) is 30.1 Å². The third kappa shape index (κ3) is 4.20. The average molecular weight is 456 g/mol. The van der Waals surface area contributed by atoms with Gasteiger partial charge in [-0.2, -0.15) is 4.98 Å². The lowest BCUT2D eigenvalue weighted by atomic mass is 10.1. The van der Waals surface area contributed by atoms with Crippen LogP contribution < -0.4 is 35.4 Å². The van der Waals surface area contributed by atoms with Crippen molar-refractivity contribution >= 4 is 17.8 Å². The Morgan fingerprint density at radius 1 is 1.29 bits per heavy atom. The van der Waals surface area contributed by atoms with Gasteiger partial charge in [0.05, 0.1) is 12.3 Å². The van der Waals surface area contributed by atoms with E-state index < -0.39 is 53.8 Å². The van der Waals surface area contributed by atoms with Gasteiger partial charge in [-0.05, 0) is 6.92 Å². The van der Waals surface area contributed by atoms with Gasteiger partial charge < -0.3 is 43.9 Å². The van der Waals surface area contributed by atoms with Crippen LogP contribution in [-0.2, 0) is 23.8 Å². The van der Waals surface area contributed by atoms with Crippen LogP contribution in [0.4, 0.5) is 10.2 Å². The second-order valence-corrected chi connectivity index (χ2v) is 5.04. The minimum atomic E-state index is -1.20. The van der Waals surface area contributed by atoms with Crippen LogP contribution >= 0.6 is 0 Å². The molecule has 1 fully saturated rings. The van der Waals surface area contributed by atoms with E-state index in [9.17, 15) is 18.8 Å². The number of carbonyl (C=O) groups excluding carboxylic acids is 2. The van der Waals surface area contributed by atoms with Crippen molar-refractivity contribution in [2.24, 2.45) is 0 Å². The summed E-state index contributed by atoms with van der Waals surface area (Å²) in [6.07, 6.45) is -3.17. The number of nitrogen functional groups attached to an aromatic ring is 1.